The topological polar surface area (TPSA) is 80.5 Å². The molecule has 1 atom stereocenters. The van der Waals surface area contributed by atoms with E-state index in [0.717, 1.165) is 11.3 Å². The SMILES string of the molecule is COc1cccc([C@H](C)NC(=O)N(C)CCc2noc(C(C)C)n2)c1. The van der Waals surface area contributed by atoms with Gasteiger partial charge in [0.05, 0.1) is 13.2 Å². The van der Waals surface area contributed by atoms with E-state index in [-0.39, 0.29) is 18.0 Å². The van der Waals surface area contributed by atoms with E-state index in [9.17, 15) is 4.79 Å². The van der Waals surface area contributed by atoms with Crippen molar-refractivity contribution in [1.29, 1.82) is 0 Å². The summed E-state index contributed by atoms with van der Waals surface area (Å²) in [5, 5.41) is 6.91. The maximum Gasteiger partial charge on any atom is 0.317 e. The summed E-state index contributed by atoms with van der Waals surface area (Å²) >= 11 is 0. The molecule has 1 heterocycles. The molecular weight excluding hydrogens is 320 g/mol. The number of carbonyl (C=O) groups excluding carboxylic acids is 1. The lowest BCUT2D eigenvalue weighted by Crippen LogP contribution is -2.39. The molecule has 0 saturated heterocycles. The average molecular weight is 346 g/mol. The van der Waals surface area contributed by atoms with Gasteiger partial charge in [-0.15, -0.1) is 0 Å². The van der Waals surface area contributed by atoms with E-state index in [1.54, 1.807) is 19.1 Å². The quantitative estimate of drug-likeness (QED) is 0.833. The van der Waals surface area contributed by atoms with Gasteiger partial charge in [0.25, 0.3) is 0 Å². The van der Waals surface area contributed by atoms with Crippen LogP contribution < -0.4 is 10.1 Å². The maximum atomic E-state index is 12.3. The number of amides is 2. The standard InChI is InChI=1S/C18H26N4O3/c1-12(2)17-20-16(21-25-17)9-10-22(4)18(23)19-13(3)14-7-6-8-15(11-14)24-5/h6-8,11-13H,9-10H2,1-5H3,(H,19,23)/t13-/m0/s1. The first-order chi connectivity index (χ1) is 11.9. The molecule has 7 nitrogen and oxygen atoms in total. The molecule has 0 unspecified atom stereocenters. The summed E-state index contributed by atoms with van der Waals surface area (Å²) in [5.74, 6) is 2.20. The molecule has 2 amide bonds. The zero-order valence-corrected chi connectivity index (χ0v) is 15.4. The number of ether oxygens (including phenoxy) is 1. The minimum absolute atomic E-state index is 0.122. The summed E-state index contributed by atoms with van der Waals surface area (Å²) in [6.45, 7) is 6.44. The second kappa shape index (κ2) is 8.50. The largest absolute Gasteiger partial charge is 0.497 e. The Morgan fingerprint density at radius 2 is 2.12 bits per heavy atom. The first kappa shape index (κ1) is 18.8. The summed E-state index contributed by atoms with van der Waals surface area (Å²) in [4.78, 5) is 18.3. The molecular formula is C18H26N4O3. The monoisotopic (exact) mass is 346 g/mol. The summed E-state index contributed by atoms with van der Waals surface area (Å²) in [5.41, 5.74) is 0.987. The molecule has 2 rings (SSSR count). The Hall–Kier alpha value is -2.57. The fourth-order valence-corrected chi connectivity index (χ4v) is 2.26. The second-order valence-electron chi connectivity index (χ2n) is 6.32. The van der Waals surface area contributed by atoms with E-state index in [1.807, 2.05) is 45.0 Å². The van der Waals surface area contributed by atoms with E-state index < -0.39 is 0 Å². The highest BCUT2D eigenvalue weighted by Gasteiger charge is 2.15. The van der Waals surface area contributed by atoms with E-state index >= 15 is 0 Å². The van der Waals surface area contributed by atoms with Crippen molar-refractivity contribution in [3.8, 4) is 5.75 Å². The molecule has 7 heteroatoms. The summed E-state index contributed by atoms with van der Waals surface area (Å²) in [7, 11) is 3.37. The molecule has 1 aromatic carbocycles. The number of hydrogen-bond donors (Lipinski definition) is 1. The first-order valence-electron chi connectivity index (χ1n) is 8.38. The van der Waals surface area contributed by atoms with Gasteiger partial charge in [-0.05, 0) is 24.6 Å². The second-order valence-corrected chi connectivity index (χ2v) is 6.32. The minimum Gasteiger partial charge on any atom is -0.497 e. The van der Waals surface area contributed by atoms with Crippen molar-refractivity contribution in [2.45, 2.75) is 39.2 Å². The number of rotatable bonds is 7. The van der Waals surface area contributed by atoms with E-state index in [1.165, 1.54) is 0 Å². The van der Waals surface area contributed by atoms with Crippen LogP contribution in [0.5, 0.6) is 5.75 Å². The van der Waals surface area contributed by atoms with Gasteiger partial charge in [-0.1, -0.05) is 31.1 Å². The van der Waals surface area contributed by atoms with Crippen LogP contribution in [0.4, 0.5) is 4.79 Å². The Morgan fingerprint density at radius 3 is 2.76 bits per heavy atom. The Bertz CT molecular complexity index is 699. The molecule has 0 spiro atoms. The Kier molecular flexibility index (Phi) is 6.38. The van der Waals surface area contributed by atoms with Crippen LogP contribution >= 0.6 is 0 Å². The van der Waals surface area contributed by atoms with E-state index in [0.29, 0.717) is 24.7 Å². The number of nitrogens with zero attached hydrogens (tertiary/aromatic N) is 3. The summed E-state index contributed by atoms with van der Waals surface area (Å²) < 4.78 is 10.4. The van der Waals surface area contributed by atoms with Gasteiger partial charge in [-0.2, -0.15) is 4.98 Å². The molecule has 2 aromatic rings. The minimum atomic E-state index is -0.150. The average Bonchev–Trinajstić information content (AvgIpc) is 3.08. The highest BCUT2D eigenvalue weighted by Crippen LogP contribution is 2.19. The smallest absolute Gasteiger partial charge is 0.317 e. The highest BCUT2D eigenvalue weighted by molar-refractivity contribution is 5.74. The zero-order valence-electron chi connectivity index (χ0n) is 15.4. The summed E-state index contributed by atoms with van der Waals surface area (Å²) in [6, 6.07) is 7.38. The van der Waals surface area contributed by atoms with E-state index in [4.69, 9.17) is 9.26 Å². The maximum absolute atomic E-state index is 12.3. The number of methoxy groups -OCH3 is 1. The molecule has 0 aliphatic heterocycles. The third kappa shape index (κ3) is 5.20. The van der Waals surface area contributed by atoms with Gasteiger partial charge in [0, 0.05) is 25.9 Å². The number of aromatic nitrogens is 2. The Labute approximate surface area is 148 Å². The molecule has 0 saturated carbocycles. The molecule has 0 aliphatic rings. The number of likely N-dealkylation sites (N-methyl/N-ethyl adjacent to an activating group) is 1. The number of urea groups is 1. The number of benzene rings is 1. The van der Waals surface area contributed by atoms with Crippen molar-refractivity contribution in [3.63, 3.8) is 0 Å². The number of carbonyl (C=O) groups is 1. The third-order valence-corrected chi connectivity index (χ3v) is 3.93. The number of nitrogens with one attached hydrogen (secondary N) is 1. The van der Waals surface area contributed by atoms with Gasteiger partial charge in [-0.3, -0.25) is 0 Å². The predicted octanol–water partition coefficient (Wildman–Crippen LogP) is 3.15. The van der Waals surface area contributed by atoms with Crippen LogP contribution in [0.15, 0.2) is 28.8 Å². The molecule has 0 fully saturated rings. The number of hydrogen-bond acceptors (Lipinski definition) is 5. The lowest BCUT2D eigenvalue weighted by molar-refractivity contribution is 0.205. The highest BCUT2D eigenvalue weighted by atomic mass is 16.5. The molecule has 0 aliphatic carbocycles. The normalized spacial score (nSPS) is 12.1. The van der Waals surface area contributed by atoms with Crippen molar-refractivity contribution in [2.24, 2.45) is 0 Å². The zero-order chi connectivity index (χ0) is 18.4. The predicted molar refractivity (Wildman–Crippen MR) is 94.7 cm³/mol. The Morgan fingerprint density at radius 1 is 1.36 bits per heavy atom. The molecule has 25 heavy (non-hydrogen) atoms. The molecule has 1 N–H and O–H groups in total. The van der Waals surface area contributed by atoms with Crippen molar-refractivity contribution in [2.75, 3.05) is 20.7 Å². The molecule has 1 aromatic heterocycles. The van der Waals surface area contributed by atoms with E-state index in [2.05, 4.69) is 15.5 Å². The Balaban J connectivity index is 1.86. The third-order valence-electron chi connectivity index (χ3n) is 3.93. The summed E-state index contributed by atoms with van der Waals surface area (Å²) in [6.07, 6.45) is 0.549. The van der Waals surface area contributed by atoms with Crippen LogP contribution in [0.25, 0.3) is 0 Å². The van der Waals surface area contributed by atoms with Gasteiger partial charge in [0.2, 0.25) is 5.89 Å². The van der Waals surface area contributed by atoms with Gasteiger partial charge < -0.3 is 19.5 Å². The van der Waals surface area contributed by atoms with Crippen LogP contribution in [-0.4, -0.2) is 41.8 Å². The fraction of sp³-hybridized carbons (Fsp3) is 0.500. The van der Waals surface area contributed by atoms with Gasteiger partial charge in [0.1, 0.15) is 5.75 Å². The lowest BCUT2D eigenvalue weighted by atomic mass is 10.1. The molecule has 136 valence electrons. The first-order valence-corrected chi connectivity index (χ1v) is 8.38. The van der Waals surface area contributed by atoms with Crippen LogP contribution in [-0.2, 0) is 6.42 Å². The lowest BCUT2D eigenvalue weighted by Gasteiger charge is -2.21. The van der Waals surface area contributed by atoms with Gasteiger partial charge >= 0.3 is 6.03 Å². The molecule has 0 radical (unpaired) electrons. The van der Waals surface area contributed by atoms with Gasteiger partial charge in [-0.25, -0.2) is 4.79 Å². The van der Waals surface area contributed by atoms with Crippen LogP contribution in [0, 0.1) is 0 Å². The molecule has 0 bridgehead atoms. The van der Waals surface area contributed by atoms with Crippen molar-refractivity contribution in [1.82, 2.24) is 20.4 Å². The van der Waals surface area contributed by atoms with Crippen LogP contribution in [0.3, 0.4) is 0 Å². The van der Waals surface area contributed by atoms with Crippen molar-refractivity contribution < 1.29 is 14.1 Å². The van der Waals surface area contributed by atoms with Crippen LogP contribution in [0.2, 0.25) is 0 Å². The van der Waals surface area contributed by atoms with Crippen molar-refractivity contribution in [3.05, 3.63) is 41.5 Å². The fourth-order valence-electron chi connectivity index (χ4n) is 2.26. The van der Waals surface area contributed by atoms with Gasteiger partial charge in [0.15, 0.2) is 5.82 Å². The van der Waals surface area contributed by atoms with Crippen molar-refractivity contribution >= 4 is 6.03 Å². The van der Waals surface area contributed by atoms with Crippen LogP contribution in [0.1, 0.15) is 50.0 Å².